The fraction of sp³-hybridized carbons (Fsp3) is 0.455. The summed E-state index contributed by atoms with van der Waals surface area (Å²) in [6.45, 7) is 4.14. The van der Waals surface area contributed by atoms with Crippen LogP contribution in [0.4, 0.5) is 0 Å². The molecule has 0 unspecified atom stereocenters. The van der Waals surface area contributed by atoms with Crippen LogP contribution < -0.4 is 5.73 Å². The maximum Gasteiger partial charge on any atom is 0.0240 e. The van der Waals surface area contributed by atoms with E-state index in [1.165, 1.54) is 11.1 Å². The Bertz CT molecular complexity index is 267. The molecule has 0 saturated heterocycles. The van der Waals surface area contributed by atoms with Crippen LogP contribution in [-0.2, 0) is 13.1 Å². The predicted molar refractivity (Wildman–Crippen MR) is 68.7 cm³/mol. The van der Waals surface area contributed by atoms with Gasteiger partial charge in [0.2, 0.25) is 0 Å². The maximum absolute atomic E-state index is 5.49. The average molecular weight is 249 g/mol. The van der Waals surface area contributed by atoms with Gasteiger partial charge in [-0.3, -0.25) is 4.90 Å². The molecule has 1 heterocycles. The molecule has 0 aromatic heterocycles. The SMILES string of the molecule is Cl.Cl.NCCCN1Cc2ccccc2C1. The van der Waals surface area contributed by atoms with Gasteiger partial charge in [-0.05, 0) is 24.1 Å². The first-order valence-electron chi connectivity index (χ1n) is 4.89. The van der Waals surface area contributed by atoms with E-state index >= 15 is 0 Å². The summed E-state index contributed by atoms with van der Waals surface area (Å²) in [7, 11) is 0. The summed E-state index contributed by atoms with van der Waals surface area (Å²) in [4.78, 5) is 2.46. The molecule has 0 spiro atoms. The first-order chi connectivity index (χ1) is 6.40. The summed E-state index contributed by atoms with van der Waals surface area (Å²) in [5.41, 5.74) is 8.46. The minimum atomic E-state index is 0. The molecule has 0 bridgehead atoms. The Morgan fingerprint density at radius 1 is 1.07 bits per heavy atom. The van der Waals surface area contributed by atoms with Crippen LogP contribution in [0.3, 0.4) is 0 Å². The molecule has 2 N–H and O–H groups in total. The van der Waals surface area contributed by atoms with Gasteiger partial charge in [0.25, 0.3) is 0 Å². The molecule has 1 aromatic rings. The van der Waals surface area contributed by atoms with Gasteiger partial charge in [-0.15, -0.1) is 24.8 Å². The van der Waals surface area contributed by atoms with Crippen LogP contribution in [0.2, 0.25) is 0 Å². The molecule has 0 saturated carbocycles. The number of rotatable bonds is 3. The van der Waals surface area contributed by atoms with Crippen molar-refractivity contribution in [1.82, 2.24) is 4.90 Å². The molecule has 2 nitrogen and oxygen atoms in total. The second kappa shape index (κ2) is 7.07. The van der Waals surface area contributed by atoms with Crippen LogP contribution in [0.25, 0.3) is 0 Å². The molecule has 86 valence electrons. The van der Waals surface area contributed by atoms with Gasteiger partial charge in [0.1, 0.15) is 0 Å². The number of hydrogen-bond donors (Lipinski definition) is 1. The van der Waals surface area contributed by atoms with Crippen molar-refractivity contribution in [2.75, 3.05) is 13.1 Å². The van der Waals surface area contributed by atoms with E-state index in [0.717, 1.165) is 32.6 Å². The van der Waals surface area contributed by atoms with Crippen molar-refractivity contribution >= 4 is 24.8 Å². The lowest BCUT2D eigenvalue weighted by Gasteiger charge is -2.13. The summed E-state index contributed by atoms with van der Waals surface area (Å²) in [5.74, 6) is 0. The zero-order chi connectivity index (χ0) is 9.10. The topological polar surface area (TPSA) is 29.3 Å². The van der Waals surface area contributed by atoms with Gasteiger partial charge in [0.15, 0.2) is 0 Å². The lowest BCUT2D eigenvalue weighted by molar-refractivity contribution is 0.282. The third-order valence-corrected chi connectivity index (χ3v) is 2.58. The second-order valence-corrected chi connectivity index (χ2v) is 3.62. The summed E-state index contributed by atoms with van der Waals surface area (Å²) in [6, 6.07) is 8.67. The summed E-state index contributed by atoms with van der Waals surface area (Å²) in [6.07, 6.45) is 1.11. The van der Waals surface area contributed by atoms with E-state index in [-0.39, 0.29) is 24.8 Å². The first kappa shape index (κ1) is 14.7. The van der Waals surface area contributed by atoms with Crippen molar-refractivity contribution in [2.24, 2.45) is 5.73 Å². The van der Waals surface area contributed by atoms with E-state index in [0.29, 0.717) is 0 Å². The molecule has 0 aliphatic carbocycles. The maximum atomic E-state index is 5.49. The van der Waals surface area contributed by atoms with E-state index in [9.17, 15) is 0 Å². The highest BCUT2D eigenvalue weighted by Crippen LogP contribution is 2.21. The van der Waals surface area contributed by atoms with Crippen molar-refractivity contribution in [3.05, 3.63) is 35.4 Å². The summed E-state index contributed by atoms with van der Waals surface area (Å²) >= 11 is 0. The van der Waals surface area contributed by atoms with E-state index in [1.54, 1.807) is 0 Å². The molecule has 1 aliphatic rings. The van der Waals surface area contributed by atoms with E-state index < -0.39 is 0 Å². The van der Waals surface area contributed by atoms with Crippen molar-refractivity contribution in [1.29, 1.82) is 0 Å². The molecular weight excluding hydrogens is 231 g/mol. The van der Waals surface area contributed by atoms with Crippen LogP contribution >= 0.6 is 24.8 Å². The van der Waals surface area contributed by atoms with Crippen LogP contribution in [0.15, 0.2) is 24.3 Å². The lowest BCUT2D eigenvalue weighted by Crippen LogP contribution is -2.20. The Morgan fingerprint density at radius 2 is 1.60 bits per heavy atom. The van der Waals surface area contributed by atoms with E-state index in [4.69, 9.17) is 5.73 Å². The average Bonchev–Trinajstić information content (AvgIpc) is 2.57. The van der Waals surface area contributed by atoms with Gasteiger partial charge in [-0.2, -0.15) is 0 Å². The highest BCUT2D eigenvalue weighted by molar-refractivity contribution is 5.85. The highest BCUT2D eigenvalue weighted by atomic mass is 35.5. The number of nitrogens with two attached hydrogens (primary N) is 1. The summed E-state index contributed by atoms with van der Waals surface area (Å²) < 4.78 is 0. The fourth-order valence-corrected chi connectivity index (χ4v) is 1.88. The van der Waals surface area contributed by atoms with Crippen molar-refractivity contribution in [2.45, 2.75) is 19.5 Å². The molecule has 0 amide bonds. The zero-order valence-electron chi connectivity index (χ0n) is 8.69. The number of nitrogens with zero attached hydrogens (tertiary/aromatic N) is 1. The molecule has 2 rings (SSSR count). The van der Waals surface area contributed by atoms with Crippen LogP contribution in [0.5, 0.6) is 0 Å². The highest BCUT2D eigenvalue weighted by Gasteiger charge is 2.16. The number of hydrogen-bond acceptors (Lipinski definition) is 2. The van der Waals surface area contributed by atoms with Crippen molar-refractivity contribution < 1.29 is 0 Å². The molecule has 1 aliphatic heterocycles. The van der Waals surface area contributed by atoms with Gasteiger partial charge in [0.05, 0.1) is 0 Å². The third kappa shape index (κ3) is 3.65. The normalized spacial score (nSPS) is 13.9. The molecule has 1 aromatic carbocycles. The molecule has 0 atom stereocenters. The van der Waals surface area contributed by atoms with Crippen LogP contribution in [0, 0.1) is 0 Å². The Kier molecular flexibility index (Phi) is 6.94. The molecule has 15 heavy (non-hydrogen) atoms. The monoisotopic (exact) mass is 248 g/mol. The summed E-state index contributed by atoms with van der Waals surface area (Å²) in [5, 5.41) is 0. The largest absolute Gasteiger partial charge is 0.330 e. The van der Waals surface area contributed by atoms with E-state index in [1.807, 2.05) is 0 Å². The lowest BCUT2D eigenvalue weighted by atomic mass is 10.1. The molecular formula is C11H18Cl2N2. The van der Waals surface area contributed by atoms with Gasteiger partial charge in [0, 0.05) is 19.6 Å². The van der Waals surface area contributed by atoms with Crippen LogP contribution in [-0.4, -0.2) is 18.0 Å². The fourth-order valence-electron chi connectivity index (χ4n) is 1.88. The van der Waals surface area contributed by atoms with Crippen molar-refractivity contribution in [3.8, 4) is 0 Å². The standard InChI is InChI=1S/C11H16N2.2ClH/c12-6-3-7-13-8-10-4-1-2-5-11(10)9-13;;/h1-2,4-5H,3,6-9,12H2;2*1H. The van der Waals surface area contributed by atoms with Gasteiger partial charge >= 0.3 is 0 Å². The number of fused-ring (bicyclic) bond motifs is 1. The van der Waals surface area contributed by atoms with Gasteiger partial charge in [-0.1, -0.05) is 24.3 Å². The zero-order valence-corrected chi connectivity index (χ0v) is 10.3. The Balaban J connectivity index is 0.000000980. The third-order valence-electron chi connectivity index (χ3n) is 2.58. The van der Waals surface area contributed by atoms with Crippen molar-refractivity contribution in [3.63, 3.8) is 0 Å². The Morgan fingerprint density at radius 3 is 2.07 bits per heavy atom. The minimum Gasteiger partial charge on any atom is -0.330 e. The second-order valence-electron chi connectivity index (χ2n) is 3.62. The van der Waals surface area contributed by atoms with Gasteiger partial charge < -0.3 is 5.73 Å². The molecule has 0 fully saturated rings. The van der Waals surface area contributed by atoms with Crippen LogP contribution in [0.1, 0.15) is 17.5 Å². The quantitative estimate of drug-likeness (QED) is 0.889. The molecule has 4 heteroatoms. The smallest absolute Gasteiger partial charge is 0.0240 e. The molecule has 0 radical (unpaired) electrons. The first-order valence-corrected chi connectivity index (χ1v) is 4.89. The van der Waals surface area contributed by atoms with Gasteiger partial charge in [-0.25, -0.2) is 0 Å². The number of halogens is 2. The Labute approximate surface area is 104 Å². The Hall–Kier alpha value is -0.280. The predicted octanol–water partition coefficient (Wildman–Crippen LogP) is 2.19. The van der Waals surface area contributed by atoms with E-state index in [2.05, 4.69) is 29.2 Å². The number of benzene rings is 1. The minimum absolute atomic E-state index is 0.